The van der Waals surface area contributed by atoms with Crippen LogP contribution in [0.2, 0.25) is 0 Å². The van der Waals surface area contributed by atoms with E-state index in [0.29, 0.717) is 41.9 Å². The fourth-order valence-electron chi connectivity index (χ4n) is 12.5. The molecule has 6 N–H and O–H groups in total. The van der Waals surface area contributed by atoms with Crippen LogP contribution in [0.25, 0.3) is 0 Å². The Balaban J connectivity index is 0.968. The third-order valence-electron chi connectivity index (χ3n) is 15.6. The molecule has 51 heavy (non-hydrogen) atoms. The second kappa shape index (κ2) is 13.5. The molecule has 3 saturated carbocycles. The number of ether oxygens (including phenoxy) is 6. The van der Waals surface area contributed by atoms with Gasteiger partial charge in [0, 0.05) is 12.3 Å². The number of fused-ring (bicyclic) bond motifs is 7. The molecule has 4 saturated heterocycles. The Kier molecular flexibility index (Phi) is 9.83. The molecule has 12 heteroatoms. The molecule has 21 atom stereocenters. The molecule has 0 aromatic carbocycles. The zero-order valence-corrected chi connectivity index (χ0v) is 30.9. The molecular weight excluding hydrogens is 660 g/mol. The molecule has 12 nitrogen and oxygen atoms in total. The van der Waals surface area contributed by atoms with Gasteiger partial charge in [0.1, 0.15) is 42.7 Å². The maximum absolute atomic E-state index is 11.1. The number of hydrogen-bond donors (Lipinski definition) is 6. The molecule has 0 amide bonds. The monoisotopic (exact) mass is 722 g/mol. The van der Waals surface area contributed by atoms with Gasteiger partial charge in [-0.3, -0.25) is 0 Å². The van der Waals surface area contributed by atoms with Crippen molar-refractivity contribution in [1.82, 2.24) is 0 Å². The van der Waals surface area contributed by atoms with E-state index in [-0.39, 0.29) is 23.0 Å². The lowest BCUT2D eigenvalue weighted by molar-refractivity contribution is -0.369. The molecule has 4 heterocycles. The summed E-state index contributed by atoms with van der Waals surface area (Å²) in [7, 11) is 0. The minimum atomic E-state index is -1.61. The van der Waals surface area contributed by atoms with Gasteiger partial charge in [-0.05, 0) is 98.7 Å². The lowest BCUT2D eigenvalue weighted by Gasteiger charge is -2.61. The average molecular weight is 723 g/mol. The highest BCUT2D eigenvalue weighted by molar-refractivity contribution is 5.28. The summed E-state index contributed by atoms with van der Waals surface area (Å²) in [6.07, 6.45) is -1.69. The van der Waals surface area contributed by atoms with E-state index in [2.05, 4.69) is 33.8 Å². The minimum Gasteiger partial charge on any atom is -0.394 e. The predicted octanol–water partition coefficient (Wildman–Crippen LogP) is 2.39. The first-order valence-corrected chi connectivity index (χ1v) is 19.8. The van der Waals surface area contributed by atoms with Crippen LogP contribution in [0.5, 0.6) is 0 Å². The van der Waals surface area contributed by atoms with Crippen molar-refractivity contribution in [3.05, 3.63) is 11.6 Å². The Bertz CT molecular complexity index is 1300. The molecule has 4 aliphatic carbocycles. The van der Waals surface area contributed by atoms with Crippen molar-refractivity contribution >= 4 is 0 Å². The van der Waals surface area contributed by atoms with Crippen LogP contribution in [0.4, 0.5) is 0 Å². The molecular formula is C39H62O12. The first-order valence-electron chi connectivity index (χ1n) is 19.8. The van der Waals surface area contributed by atoms with Crippen molar-refractivity contribution in [2.24, 2.45) is 46.3 Å². The fourth-order valence-corrected chi connectivity index (χ4v) is 12.5. The highest BCUT2D eigenvalue weighted by Gasteiger charge is 2.67. The van der Waals surface area contributed by atoms with Crippen LogP contribution in [0.15, 0.2) is 11.6 Å². The maximum Gasteiger partial charge on any atom is 0.187 e. The van der Waals surface area contributed by atoms with Crippen molar-refractivity contribution in [1.29, 1.82) is 0 Å². The van der Waals surface area contributed by atoms with Crippen molar-refractivity contribution in [2.75, 3.05) is 13.2 Å². The van der Waals surface area contributed by atoms with Crippen LogP contribution < -0.4 is 0 Å². The Morgan fingerprint density at radius 1 is 0.843 bits per heavy atom. The van der Waals surface area contributed by atoms with Crippen LogP contribution in [0.3, 0.4) is 0 Å². The maximum atomic E-state index is 11.1. The van der Waals surface area contributed by atoms with Crippen molar-refractivity contribution in [2.45, 2.75) is 172 Å². The minimum absolute atomic E-state index is 0.0334. The summed E-state index contributed by atoms with van der Waals surface area (Å²) in [6.45, 7) is 11.5. The molecule has 0 aromatic rings. The van der Waals surface area contributed by atoms with E-state index in [1.807, 2.05) is 0 Å². The van der Waals surface area contributed by atoms with Gasteiger partial charge < -0.3 is 59.1 Å². The predicted molar refractivity (Wildman–Crippen MR) is 182 cm³/mol. The van der Waals surface area contributed by atoms with Gasteiger partial charge in [0.15, 0.2) is 18.4 Å². The summed E-state index contributed by atoms with van der Waals surface area (Å²) < 4.78 is 37.6. The standard InChI is InChI=1S/C39H62O12/c1-18-8-13-39(46-17-18)19(2)28-23-6-7-27-37(4)12-10-22(14-21(37)9-11-38(27,5)24(23)15-25(28)51-39)48-36-34(32(44)30(42)26(16-40)49-36)50-35-33(45)31(43)29(41)20(3)47-35/h9,18-20,22-36,40-45H,6-8,10-17H2,1-5H3/t18-,19-,20-,22-,23-,24+,25-,26+,27+,28+,29-,30+,31+,32-,33+,34+,35-,36+,37-,38-,39+/m0/s1. The number of hydrogen-bond acceptors (Lipinski definition) is 12. The molecule has 290 valence electrons. The molecule has 0 aromatic heterocycles. The lowest BCUT2D eigenvalue weighted by Crippen LogP contribution is -2.64. The van der Waals surface area contributed by atoms with Gasteiger partial charge >= 0.3 is 0 Å². The quantitative estimate of drug-likeness (QED) is 0.229. The number of aliphatic hydroxyl groups excluding tert-OH is 6. The first kappa shape index (κ1) is 37.2. The van der Waals surface area contributed by atoms with Crippen LogP contribution in [-0.4, -0.2) is 123 Å². The van der Waals surface area contributed by atoms with Crippen LogP contribution in [0, 0.1) is 46.3 Å². The van der Waals surface area contributed by atoms with Gasteiger partial charge in [-0.25, -0.2) is 0 Å². The van der Waals surface area contributed by atoms with Gasteiger partial charge in [0.05, 0.1) is 31.5 Å². The molecule has 8 aliphatic rings. The zero-order chi connectivity index (χ0) is 36.2. The molecule has 1 spiro atoms. The summed E-state index contributed by atoms with van der Waals surface area (Å²) in [4.78, 5) is 0. The summed E-state index contributed by atoms with van der Waals surface area (Å²) in [5.74, 6) is 3.01. The molecule has 0 radical (unpaired) electrons. The van der Waals surface area contributed by atoms with E-state index in [1.165, 1.54) is 31.8 Å². The van der Waals surface area contributed by atoms with E-state index in [9.17, 15) is 30.6 Å². The Hall–Kier alpha value is -0.740. The van der Waals surface area contributed by atoms with Crippen LogP contribution in [0.1, 0.15) is 92.4 Å². The first-order chi connectivity index (χ1) is 24.2. The molecule has 7 fully saturated rings. The fraction of sp³-hybridized carbons (Fsp3) is 0.949. The van der Waals surface area contributed by atoms with E-state index < -0.39 is 73.8 Å². The smallest absolute Gasteiger partial charge is 0.187 e. The number of aliphatic hydroxyl groups is 6. The molecule has 4 aliphatic heterocycles. The zero-order valence-electron chi connectivity index (χ0n) is 30.9. The summed E-state index contributed by atoms with van der Waals surface area (Å²) in [5.41, 5.74) is 1.62. The van der Waals surface area contributed by atoms with E-state index in [1.54, 1.807) is 0 Å². The third-order valence-corrected chi connectivity index (χ3v) is 15.6. The Morgan fingerprint density at radius 2 is 1.63 bits per heavy atom. The molecule has 8 rings (SSSR count). The van der Waals surface area contributed by atoms with E-state index >= 15 is 0 Å². The van der Waals surface area contributed by atoms with Gasteiger partial charge in [-0.1, -0.05) is 39.3 Å². The van der Waals surface area contributed by atoms with Gasteiger partial charge in [0.2, 0.25) is 0 Å². The second-order valence-electron chi connectivity index (χ2n) is 18.3. The van der Waals surface area contributed by atoms with Crippen molar-refractivity contribution in [3.63, 3.8) is 0 Å². The van der Waals surface area contributed by atoms with Crippen molar-refractivity contribution in [3.8, 4) is 0 Å². The second-order valence-corrected chi connectivity index (χ2v) is 18.3. The van der Waals surface area contributed by atoms with Crippen LogP contribution in [-0.2, 0) is 28.4 Å². The summed E-state index contributed by atoms with van der Waals surface area (Å²) in [6, 6.07) is 0. The topological polar surface area (TPSA) is 177 Å². The van der Waals surface area contributed by atoms with Gasteiger partial charge in [-0.2, -0.15) is 0 Å². The Labute approximate surface area is 301 Å². The summed E-state index contributed by atoms with van der Waals surface area (Å²) >= 11 is 0. The largest absolute Gasteiger partial charge is 0.394 e. The normalized spacial score (nSPS) is 58.4. The average Bonchev–Trinajstić information content (AvgIpc) is 3.60. The summed E-state index contributed by atoms with van der Waals surface area (Å²) in [5, 5.41) is 62.9. The Morgan fingerprint density at radius 3 is 2.35 bits per heavy atom. The molecule has 0 bridgehead atoms. The van der Waals surface area contributed by atoms with Crippen molar-refractivity contribution < 1.29 is 59.1 Å². The lowest BCUT2D eigenvalue weighted by atomic mass is 9.44. The third kappa shape index (κ3) is 5.84. The van der Waals surface area contributed by atoms with Crippen LogP contribution >= 0.6 is 0 Å². The number of rotatable bonds is 5. The van der Waals surface area contributed by atoms with E-state index in [0.717, 1.165) is 38.7 Å². The number of allylic oxidation sites excluding steroid dienone is 1. The highest BCUT2D eigenvalue weighted by Crippen LogP contribution is 2.70. The van der Waals surface area contributed by atoms with Gasteiger partial charge in [0.25, 0.3) is 0 Å². The SMILES string of the molecule is C[C@H]1CC[C@@]2(OC1)O[C@H]1C[C@@H]3[C@H](CC[C@H]4[C@@]3(C)CC=C3C[C@@H](O[C@@H]5O[C@H](CO)[C@@H](O)[C@H](O)[C@H]5O[C@@H]5O[C@@H](C)[C@H](O)[C@@H](O)[C@H]5O)CC[C@@]34C)[C@H]1[C@@H]2C. The van der Waals surface area contributed by atoms with Gasteiger partial charge in [-0.15, -0.1) is 0 Å². The van der Waals surface area contributed by atoms with E-state index in [4.69, 9.17) is 28.4 Å². The molecule has 0 unspecified atom stereocenters. The highest BCUT2D eigenvalue weighted by atomic mass is 16.8.